The van der Waals surface area contributed by atoms with E-state index in [9.17, 15) is 4.79 Å². The van der Waals surface area contributed by atoms with Crippen LogP contribution in [0.1, 0.15) is 5.69 Å². The minimum absolute atomic E-state index is 0.0435. The molecule has 0 amide bonds. The van der Waals surface area contributed by atoms with Gasteiger partial charge in [-0.05, 0) is 12.1 Å². The number of aromatic amines is 1. The highest BCUT2D eigenvalue weighted by molar-refractivity contribution is 5.30. The first-order valence-corrected chi connectivity index (χ1v) is 4.78. The second-order valence-electron chi connectivity index (χ2n) is 3.28. The van der Waals surface area contributed by atoms with Gasteiger partial charge in [-0.15, -0.1) is 6.58 Å². The number of nitrogens with zero attached hydrogens (tertiary/aromatic N) is 1. The Kier molecular flexibility index (Phi) is 2.54. The van der Waals surface area contributed by atoms with E-state index >= 15 is 0 Å². The molecule has 1 N–H and O–H groups in total. The number of hydrogen-bond donors (Lipinski definition) is 1. The fourth-order valence-electron chi connectivity index (χ4n) is 1.47. The molecule has 1 heterocycles. The van der Waals surface area contributed by atoms with Crippen LogP contribution in [0, 0.1) is 0 Å². The Hall–Kier alpha value is -2.03. The standard InChI is InChI=1S/C12H12N2O/c1-2-6-10-9-12(15)14(13-10)11-7-4-3-5-8-11/h2-5,7-9,13H,1,6H2. The van der Waals surface area contributed by atoms with Crippen LogP contribution in [-0.2, 0) is 6.42 Å². The van der Waals surface area contributed by atoms with Crippen molar-refractivity contribution in [1.82, 2.24) is 9.78 Å². The minimum atomic E-state index is -0.0435. The predicted molar refractivity (Wildman–Crippen MR) is 60.3 cm³/mol. The normalized spacial score (nSPS) is 10.1. The SMILES string of the molecule is C=CCc1cc(=O)n(-c2ccccc2)[nH]1. The first-order chi connectivity index (χ1) is 7.31. The lowest BCUT2D eigenvalue weighted by Gasteiger charge is -2.00. The molecular formula is C12H12N2O. The van der Waals surface area contributed by atoms with E-state index in [0.717, 1.165) is 11.4 Å². The van der Waals surface area contributed by atoms with Gasteiger partial charge in [0, 0.05) is 18.2 Å². The van der Waals surface area contributed by atoms with Crippen molar-refractivity contribution in [2.75, 3.05) is 0 Å². The molecule has 1 aromatic carbocycles. The molecule has 15 heavy (non-hydrogen) atoms. The van der Waals surface area contributed by atoms with Crippen molar-refractivity contribution in [2.45, 2.75) is 6.42 Å². The average molecular weight is 200 g/mol. The molecule has 0 aliphatic rings. The highest BCUT2D eigenvalue weighted by atomic mass is 16.1. The molecule has 2 rings (SSSR count). The lowest BCUT2D eigenvalue weighted by atomic mass is 10.3. The summed E-state index contributed by atoms with van der Waals surface area (Å²) in [6.45, 7) is 3.64. The number of para-hydroxylation sites is 1. The number of hydrogen-bond acceptors (Lipinski definition) is 1. The van der Waals surface area contributed by atoms with Gasteiger partial charge in [-0.2, -0.15) is 0 Å². The fourth-order valence-corrected chi connectivity index (χ4v) is 1.47. The third-order valence-electron chi connectivity index (χ3n) is 2.15. The summed E-state index contributed by atoms with van der Waals surface area (Å²) < 4.78 is 1.53. The molecule has 2 aromatic rings. The Bertz CT molecular complexity index is 508. The van der Waals surface area contributed by atoms with E-state index in [0.29, 0.717) is 6.42 Å². The van der Waals surface area contributed by atoms with E-state index in [1.165, 1.54) is 4.68 Å². The van der Waals surface area contributed by atoms with E-state index in [4.69, 9.17) is 0 Å². The number of allylic oxidation sites excluding steroid dienone is 1. The van der Waals surface area contributed by atoms with Crippen LogP contribution >= 0.6 is 0 Å². The predicted octanol–water partition coefficient (Wildman–Crippen LogP) is 1.89. The number of H-pyrrole nitrogens is 1. The van der Waals surface area contributed by atoms with Crippen LogP contribution in [0.4, 0.5) is 0 Å². The molecule has 1 aromatic heterocycles. The maximum Gasteiger partial charge on any atom is 0.271 e. The van der Waals surface area contributed by atoms with Crippen molar-refractivity contribution in [2.24, 2.45) is 0 Å². The first kappa shape index (κ1) is 9.52. The quantitative estimate of drug-likeness (QED) is 0.755. The Morgan fingerprint density at radius 1 is 1.33 bits per heavy atom. The van der Waals surface area contributed by atoms with Gasteiger partial charge >= 0.3 is 0 Å². The van der Waals surface area contributed by atoms with Gasteiger partial charge in [0.1, 0.15) is 0 Å². The summed E-state index contributed by atoms with van der Waals surface area (Å²) in [4.78, 5) is 11.6. The number of nitrogens with one attached hydrogen (secondary N) is 1. The molecule has 0 saturated heterocycles. The highest BCUT2D eigenvalue weighted by Crippen LogP contribution is 2.03. The molecule has 0 bridgehead atoms. The monoisotopic (exact) mass is 200 g/mol. The molecular weight excluding hydrogens is 188 g/mol. The van der Waals surface area contributed by atoms with E-state index in [-0.39, 0.29) is 5.56 Å². The molecule has 3 nitrogen and oxygen atoms in total. The lowest BCUT2D eigenvalue weighted by Crippen LogP contribution is -2.12. The fraction of sp³-hybridized carbons (Fsp3) is 0.0833. The van der Waals surface area contributed by atoms with E-state index in [2.05, 4.69) is 11.7 Å². The molecule has 3 heteroatoms. The van der Waals surface area contributed by atoms with Crippen LogP contribution < -0.4 is 5.56 Å². The second kappa shape index (κ2) is 4.00. The van der Waals surface area contributed by atoms with E-state index in [1.807, 2.05) is 30.3 Å². The highest BCUT2D eigenvalue weighted by Gasteiger charge is 2.02. The average Bonchev–Trinajstić information content (AvgIpc) is 2.61. The zero-order valence-corrected chi connectivity index (χ0v) is 8.31. The van der Waals surface area contributed by atoms with Gasteiger partial charge in [-0.1, -0.05) is 24.3 Å². The molecule has 0 spiro atoms. The summed E-state index contributed by atoms with van der Waals surface area (Å²) in [6, 6.07) is 11.1. The maximum absolute atomic E-state index is 11.6. The van der Waals surface area contributed by atoms with Gasteiger partial charge in [-0.25, -0.2) is 4.68 Å². The van der Waals surface area contributed by atoms with Crippen molar-refractivity contribution in [3.63, 3.8) is 0 Å². The topological polar surface area (TPSA) is 37.8 Å². The van der Waals surface area contributed by atoms with Crippen molar-refractivity contribution in [1.29, 1.82) is 0 Å². The zero-order valence-electron chi connectivity index (χ0n) is 8.31. The molecule has 0 fully saturated rings. The largest absolute Gasteiger partial charge is 0.295 e. The summed E-state index contributed by atoms with van der Waals surface area (Å²) >= 11 is 0. The minimum Gasteiger partial charge on any atom is -0.295 e. The second-order valence-corrected chi connectivity index (χ2v) is 3.28. The van der Waals surface area contributed by atoms with Crippen molar-refractivity contribution in [3.8, 4) is 5.69 Å². The van der Waals surface area contributed by atoms with Crippen LogP contribution in [0.5, 0.6) is 0 Å². The summed E-state index contributed by atoms with van der Waals surface area (Å²) in [7, 11) is 0. The van der Waals surface area contributed by atoms with Crippen molar-refractivity contribution < 1.29 is 0 Å². The van der Waals surface area contributed by atoms with Gasteiger partial charge in [0.2, 0.25) is 0 Å². The van der Waals surface area contributed by atoms with Gasteiger partial charge < -0.3 is 0 Å². The molecule has 0 saturated carbocycles. The van der Waals surface area contributed by atoms with E-state index < -0.39 is 0 Å². The molecule has 0 atom stereocenters. The van der Waals surface area contributed by atoms with Crippen LogP contribution in [0.15, 0.2) is 53.8 Å². The Balaban J connectivity index is 2.45. The number of aromatic nitrogens is 2. The molecule has 0 radical (unpaired) electrons. The molecule has 0 aliphatic carbocycles. The Labute approximate surface area is 87.7 Å². The van der Waals surface area contributed by atoms with Crippen LogP contribution in [0.25, 0.3) is 5.69 Å². The van der Waals surface area contributed by atoms with Gasteiger partial charge in [-0.3, -0.25) is 9.89 Å². The zero-order chi connectivity index (χ0) is 10.7. The third kappa shape index (κ3) is 1.91. The Morgan fingerprint density at radius 3 is 2.73 bits per heavy atom. The van der Waals surface area contributed by atoms with Crippen LogP contribution in [0.2, 0.25) is 0 Å². The first-order valence-electron chi connectivity index (χ1n) is 4.78. The van der Waals surface area contributed by atoms with E-state index in [1.54, 1.807) is 12.1 Å². The summed E-state index contributed by atoms with van der Waals surface area (Å²) in [5.74, 6) is 0. The summed E-state index contributed by atoms with van der Waals surface area (Å²) in [5, 5.41) is 3.03. The third-order valence-corrected chi connectivity index (χ3v) is 2.15. The number of rotatable bonds is 3. The van der Waals surface area contributed by atoms with Gasteiger partial charge in [0.25, 0.3) is 5.56 Å². The maximum atomic E-state index is 11.6. The van der Waals surface area contributed by atoms with Crippen LogP contribution in [0.3, 0.4) is 0 Å². The molecule has 0 aliphatic heterocycles. The smallest absolute Gasteiger partial charge is 0.271 e. The summed E-state index contributed by atoms with van der Waals surface area (Å²) in [6.07, 6.45) is 2.44. The van der Waals surface area contributed by atoms with Gasteiger partial charge in [0.15, 0.2) is 0 Å². The molecule has 76 valence electrons. The lowest BCUT2D eigenvalue weighted by molar-refractivity contribution is 0.827. The van der Waals surface area contributed by atoms with Crippen molar-refractivity contribution >= 4 is 0 Å². The molecule has 0 unspecified atom stereocenters. The van der Waals surface area contributed by atoms with Crippen molar-refractivity contribution in [3.05, 3.63) is 65.1 Å². The Morgan fingerprint density at radius 2 is 2.07 bits per heavy atom. The van der Waals surface area contributed by atoms with Crippen LogP contribution in [-0.4, -0.2) is 9.78 Å². The summed E-state index contributed by atoms with van der Waals surface area (Å²) in [5.41, 5.74) is 1.68. The number of benzene rings is 1. The van der Waals surface area contributed by atoms with Gasteiger partial charge in [0.05, 0.1) is 5.69 Å².